The Morgan fingerprint density at radius 3 is 2.39 bits per heavy atom. The number of aromatic nitrogens is 4. The molecule has 1 amide bonds. The van der Waals surface area contributed by atoms with Crippen molar-refractivity contribution in [3.8, 4) is 17.1 Å². The fourth-order valence-corrected chi connectivity index (χ4v) is 4.72. The van der Waals surface area contributed by atoms with E-state index < -0.39 is 14.2 Å². The van der Waals surface area contributed by atoms with E-state index in [1.807, 2.05) is 38.1 Å². The summed E-state index contributed by atoms with van der Waals surface area (Å²) in [5.74, 6) is 0.0901. The zero-order chi connectivity index (χ0) is 26.3. The molecule has 2 aromatic heterocycles. The Morgan fingerprint density at radius 1 is 1.06 bits per heavy atom. The molecule has 0 saturated carbocycles. The Balaban J connectivity index is 0.000000214. The fraction of sp³-hybridized carbons (Fsp3) is 0.208. The Labute approximate surface area is 210 Å². The number of nitrogens with one attached hydrogen (secondary N) is 1. The molecule has 2 heterocycles. The quantitative estimate of drug-likeness (QED) is 0.184. The molecule has 4 rings (SSSR count). The number of fused-ring (bicyclic) bond motifs is 1. The third-order valence-electron chi connectivity index (χ3n) is 4.64. The summed E-state index contributed by atoms with van der Waals surface area (Å²) < 4.78 is 29.8. The van der Waals surface area contributed by atoms with Gasteiger partial charge in [-0.25, -0.2) is 15.0 Å². The summed E-state index contributed by atoms with van der Waals surface area (Å²) in [6, 6.07) is 14.0. The van der Waals surface area contributed by atoms with E-state index in [0.717, 1.165) is 11.3 Å². The molecule has 0 saturated heterocycles. The van der Waals surface area contributed by atoms with Crippen molar-refractivity contribution in [3.63, 3.8) is 0 Å². The molecule has 1 unspecified atom stereocenters. The average Bonchev–Trinajstić information content (AvgIpc) is 2.84. The molecule has 0 aliphatic heterocycles. The molecule has 4 aromatic rings. The van der Waals surface area contributed by atoms with E-state index in [0.29, 0.717) is 17.0 Å². The molecule has 0 spiro atoms. The first kappa shape index (κ1) is 27.0. The molecule has 188 valence electrons. The second kappa shape index (κ2) is 11.9. The summed E-state index contributed by atoms with van der Waals surface area (Å²) >= 11 is -4.92. The second-order valence-corrected chi connectivity index (χ2v) is 11.5. The maximum absolute atomic E-state index is 11.4. The minimum atomic E-state index is -4.92. The SMILES string of the molecule is CC(=O)Nc1ccccc1[As](=O)(O)OO.Cc1ccc(-c2cnc3ncnc(OC(C)C)c3n2)cc1. The number of para-hydroxylation sites is 1. The maximum Gasteiger partial charge on any atom is 0.245 e. The zero-order valence-electron chi connectivity index (χ0n) is 20.1. The van der Waals surface area contributed by atoms with Gasteiger partial charge in [-0.05, 0) is 20.8 Å². The zero-order valence-corrected chi connectivity index (χ0v) is 22.0. The van der Waals surface area contributed by atoms with Crippen molar-refractivity contribution in [3.05, 3.63) is 66.6 Å². The summed E-state index contributed by atoms with van der Waals surface area (Å²) in [6.07, 6.45) is 3.19. The van der Waals surface area contributed by atoms with Crippen molar-refractivity contribution < 1.29 is 26.5 Å². The van der Waals surface area contributed by atoms with Gasteiger partial charge in [0.15, 0.2) is 11.2 Å². The maximum atomic E-state index is 11.4. The van der Waals surface area contributed by atoms with Gasteiger partial charge in [0.25, 0.3) is 0 Å². The molecule has 0 bridgehead atoms. The standard InChI is InChI=1S/C16H16N4O.C8H10AsNO5/c1-10(2)21-16-14-15(18-9-19-16)17-8-13(20-14)12-6-4-11(3)5-7-12;1-6(11)10-8-5-3-2-4-7(8)9(12,13)15-14/h4-10H,1-3H3;2-5,14H,1H3,(H,10,11)(H,12,13). The van der Waals surface area contributed by atoms with Gasteiger partial charge in [-0.1, -0.05) is 29.8 Å². The number of anilines is 1. The molecule has 3 N–H and O–H groups in total. The first-order valence-corrected chi connectivity index (χ1v) is 14.2. The van der Waals surface area contributed by atoms with Crippen molar-refractivity contribution >= 4 is 41.3 Å². The number of nitrogens with zero attached hydrogens (tertiary/aromatic N) is 4. The van der Waals surface area contributed by atoms with Crippen LogP contribution >= 0.6 is 0 Å². The summed E-state index contributed by atoms with van der Waals surface area (Å²) in [6.45, 7) is 7.22. The normalized spacial score (nSPS) is 12.4. The van der Waals surface area contributed by atoms with Gasteiger partial charge < -0.3 is 4.74 Å². The summed E-state index contributed by atoms with van der Waals surface area (Å²) in [7, 11) is 0. The number of aryl methyl sites for hydroxylation is 1. The van der Waals surface area contributed by atoms with E-state index in [4.69, 9.17) is 9.99 Å². The molecule has 0 aliphatic carbocycles. The smallest absolute Gasteiger partial charge is 0.245 e. The summed E-state index contributed by atoms with van der Waals surface area (Å²) in [4.78, 5) is 28.1. The fourth-order valence-electron chi connectivity index (χ4n) is 3.05. The molecular formula is C24H26AsN5O6. The van der Waals surface area contributed by atoms with Crippen LogP contribution in [0.2, 0.25) is 0 Å². The van der Waals surface area contributed by atoms with Crippen molar-refractivity contribution in [1.82, 2.24) is 19.9 Å². The third kappa shape index (κ3) is 6.95. The van der Waals surface area contributed by atoms with Gasteiger partial charge in [0.2, 0.25) is 5.88 Å². The van der Waals surface area contributed by atoms with Crippen LogP contribution in [0.25, 0.3) is 22.4 Å². The van der Waals surface area contributed by atoms with Crippen molar-refractivity contribution in [1.29, 1.82) is 0 Å². The topological polar surface area (TPSA) is 157 Å². The van der Waals surface area contributed by atoms with E-state index in [1.54, 1.807) is 12.3 Å². The average molecular weight is 555 g/mol. The molecule has 1 atom stereocenters. The monoisotopic (exact) mass is 555 g/mol. The van der Waals surface area contributed by atoms with E-state index in [-0.39, 0.29) is 22.0 Å². The largest absolute Gasteiger partial charge is 0.473 e. The molecule has 0 radical (unpaired) electrons. The van der Waals surface area contributed by atoms with Crippen LogP contribution in [-0.4, -0.2) is 55.5 Å². The van der Waals surface area contributed by atoms with E-state index in [2.05, 4.69) is 36.1 Å². The van der Waals surface area contributed by atoms with Gasteiger partial charge in [0.1, 0.15) is 6.33 Å². The van der Waals surface area contributed by atoms with Gasteiger partial charge in [-0.15, -0.1) is 0 Å². The second-order valence-electron chi connectivity index (χ2n) is 7.94. The Morgan fingerprint density at radius 2 is 1.75 bits per heavy atom. The van der Waals surface area contributed by atoms with Gasteiger partial charge in [0, 0.05) is 5.56 Å². The van der Waals surface area contributed by atoms with Crippen LogP contribution in [0.1, 0.15) is 26.3 Å². The molecule has 0 aliphatic rings. The molecule has 36 heavy (non-hydrogen) atoms. The van der Waals surface area contributed by atoms with Crippen LogP contribution in [-0.2, 0) is 12.4 Å². The predicted molar refractivity (Wildman–Crippen MR) is 134 cm³/mol. The number of amides is 1. The van der Waals surface area contributed by atoms with Gasteiger partial charge in [0.05, 0.1) is 18.0 Å². The number of carbonyl (C=O) groups excluding carboxylic acids is 1. The van der Waals surface area contributed by atoms with Crippen molar-refractivity contribution in [2.24, 2.45) is 0 Å². The van der Waals surface area contributed by atoms with Crippen LogP contribution in [0.3, 0.4) is 0 Å². The Kier molecular flexibility index (Phi) is 8.89. The van der Waals surface area contributed by atoms with Gasteiger partial charge in [-0.2, -0.15) is 4.98 Å². The minimum Gasteiger partial charge on any atom is -0.473 e. The number of carbonyl (C=O) groups is 1. The van der Waals surface area contributed by atoms with Crippen LogP contribution in [0.4, 0.5) is 5.69 Å². The number of ether oxygens (including phenoxy) is 1. The van der Waals surface area contributed by atoms with Crippen molar-refractivity contribution in [2.75, 3.05) is 5.32 Å². The summed E-state index contributed by atoms with van der Waals surface area (Å²) in [5, 5.41) is 10.7. The third-order valence-corrected chi connectivity index (χ3v) is 7.20. The Hall–Kier alpha value is -3.63. The predicted octanol–water partition coefficient (Wildman–Crippen LogP) is 2.89. The van der Waals surface area contributed by atoms with Crippen molar-refractivity contribution in [2.45, 2.75) is 33.8 Å². The molecule has 12 heteroatoms. The van der Waals surface area contributed by atoms with Crippen LogP contribution in [0.15, 0.2) is 61.1 Å². The van der Waals surface area contributed by atoms with Gasteiger partial charge in [-0.3, -0.25) is 0 Å². The van der Waals surface area contributed by atoms with Crippen LogP contribution in [0.5, 0.6) is 5.88 Å². The van der Waals surface area contributed by atoms with Crippen LogP contribution in [0, 0.1) is 6.92 Å². The van der Waals surface area contributed by atoms with Crippen LogP contribution < -0.4 is 14.4 Å². The number of hydrogen-bond donors (Lipinski definition) is 3. The first-order valence-electron chi connectivity index (χ1n) is 10.9. The van der Waals surface area contributed by atoms with Gasteiger partial charge >= 0.3 is 88.4 Å². The molecule has 11 nitrogen and oxygen atoms in total. The van der Waals surface area contributed by atoms with E-state index in [9.17, 15) is 12.6 Å². The Bertz CT molecular complexity index is 1400. The number of hydrogen-bond acceptors (Lipinski definition) is 9. The number of benzene rings is 2. The molecule has 0 fully saturated rings. The van der Waals surface area contributed by atoms with E-state index in [1.165, 1.54) is 37.0 Å². The molecular weight excluding hydrogens is 529 g/mol. The first-order chi connectivity index (χ1) is 17.1. The number of rotatable bonds is 6. The van der Waals surface area contributed by atoms with E-state index >= 15 is 0 Å². The molecule has 2 aromatic carbocycles. The minimum absolute atomic E-state index is 0.0212. The summed E-state index contributed by atoms with van der Waals surface area (Å²) in [5.41, 5.74) is 4.28.